The maximum atomic E-state index is 13.4. The summed E-state index contributed by atoms with van der Waals surface area (Å²) in [5, 5.41) is 3.94. The molecule has 1 aromatic carbocycles. The van der Waals surface area contributed by atoms with Gasteiger partial charge in [0.2, 0.25) is 0 Å². The average molecular weight is 458 g/mol. The molecule has 1 fully saturated rings. The van der Waals surface area contributed by atoms with Gasteiger partial charge in [-0.3, -0.25) is 0 Å². The van der Waals surface area contributed by atoms with Gasteiger partial charge >= 0.3 is 12.6 Å². The van der Waals surface area contributed by atoms with Gasteiger partial charge in [-0.25, -0.2) is 18.9 Å². The molecule has 174 valence electrons. The van der Waals surface area contributed by atoms with Gasteiger partial charge in [0, 0.05) is 30.8 Å². The van der Waals surface area contributed by atoms with Crippen molar-refractivity contribution >= 4 is 6.09 Å². The molecule has 4 rings (SSSR count). The molecular formula is C24H25F3N4O2. The zero-order chi connectivity index (χ0) is 23.8. The number of pyridine rings is 1. The first kappa shape index (κ1) is 22.8. The molecule has 0 N–H and O–H groups in total. The van der Waals surface area contributed by atoms with Crippen molar-refractivity contribution in [3.05, 3.63) is 60.0 Å². The highest BCUT2D eigenvalue weighted by molar-refractivity contribution is 5.69. The van der Waals surface area contributed by atoms with Crippen LogP contribution in [0.3, 0.4) is 0 Å². The third kappa shape index (κ3) is 5.35. The summed E-state index contributed by atoms with van der Waals surface area (Å²) in [6.45, 7) is 3.72. The number of ether oxygens (including phenoxy) is 1. The molecular weight excluding hydrogens is 433 g/mol. The zero-order valence-electron chi connectivity index (χ0n) is 18.6. The molecule has 1 amide bonds. The smallest absolute Gasteiger partial charge is 0.410 e. The highest BCUT2D eigenvalue weighted by Crippen LogP contribution is 2.33. The van der Waals surface area contributed by atoms with Gasteiger partial charge in [0.25, 0.3) is 0 Å². The van der Waals surface area contributed by atoms with Gasteiger partial charge in [0.15, 0.2) is 0 Å². The molecule has 1 saturated heterocycles. The Labute approximate surface area is 190 Å². The Morgan fingerprint density at radius 1 is 1.09 bits per heavy atom. The van der Waals surface area contributed by atoms with Gasteiger partial charge in [-0.05, 0) is 75.2 Å². The largest absolute Gasteiger partial charge is 0.444 e. The van der Waals surface area contributed by atoms with Gasteiger partial charge in [0.1, 0.15) is 17.1 Å². The van der Waals surface area contributed by atoms with E-state index in [1.54, 1.807) is 17.0 Å². The van der Waals surface area contributed by atoms with Crippen molar-refractivity contribution in [2.75, 3.05) is 13.1 Å². The molecule has 9 heteroatoms. The van der Waals surface area contributed by atoms with Gasteiger partial charge in [-0.2, -0.15) is 13.9 Å². The van der Waals surface area contributed by atoms with Crippen molar-refractivity contribution < 1.29 is 22.7 Å². The van der Waals surface area contributed by atoms with Crippen molar-refractivity contribution in [1.29, 1.82) is 0 Å². The first-order valence-corrected chi connectivity index (χ1v) is 10.7. The highest BCUT2D eigenvalue weighted by Gasteiger charge is 2.31. The Balaban J connectivity index is 1.67. The summed E-state index contributed by atoms with van der Waals surface area (Å²) < 4.78 is 45.6. The standard InChI is InChI=1S/C24H25F3N4O2/c1-24(2,3)33-23(32)30-10-8-16(14-30)17-12-20(15-4-6-18(25)7-5-15)28-21(13-17)19-9-11-31(29-19)22(26)27/h4-7,9,11-13,16,22H,8,10,14H2,1-3H3. The summed E-state index contributed by atoms with van der Waals surface area (Å²) in [4.78, 5) is 18.8. The van der Waals surface area contributed by atoms with Crippen LogP contribution in [0.5, 0.6) is 0 Å². The lowest BCUT2D eigenvalue weighted by molar-refractivity contribution is 0.0292. The number of rotatable bonds is 4. The molecule has 1 unspecified atom stereocenters. The van der Waals surface area contributed by atoms with Gasteiger partial charge in [-0.1, -0.05) is 0 Å². The van der Waals surface area contributed by atoms with E-state index in [9.17, 15) is 18.0 Å². The van der Waals surface area contributed by atoms with Gasteiger partial charge in [-0.15, -0.1) is 0 Å². The predicted octanol–water partition coefficient (Wildman–Crippen LogP) is 5.87. The number of benzene rings is 1. The van der Waals surface area contributed by atoms with E-state index in [1.807, 2.05) is 32.9 Å². The van der Waals surface area contributed by atoms with Crippen LogP contribution in [-0.2, 0) is 4.74 Å². The fourth-order valence-electron chi connectivity index (χ4n) is 3.80. The summed E-state index contributed by atoms with van der Waals surface area (Å²) in [5.41, 5.74) is 2.32. The first-order chi connectivity index (χ1) is 15.6. The number of carbonyl (C=O) groups excluding carboxylic acids is 1. The van der Waals surface area contributed by atoms with E-state index in [0.29, 0.717) is 40.4 Å². The topological polar surface area (TPSA) is 60.2 Å². The number of hydrogen-bond acceptors (Lipinski definition) is 4. The zero-order valence-corrected chi connectivity index (χ0v) is 18.6. The number of amides is 1. The van der Waals surface area contributed by atoms with Crippen LogP contribution >= 0.6 is 0 Å². The fourth-order valence-corrected chi connectivity index (χ4v) is 3.80. The summed E-state index contributed by atoms with van der Waals surface area (Å²) in [6.07, 6.45) is 1.55. The van der Waals surface area contributed by atoms with E-state index in [2.05, 4.69) is 10.1 Å². The van der Waals surface area contributed by atoms with Crippen LogP contribution in [0.1, 0.15) is 45.2 Å². The molecule has 3 aromatic rings. The number of likely N-dealkylation sites (tertiary alicyclic amines) is 1. The second-order valence-electron chi connectivity index (χ2n) is 9.05. The normalized spacial score (nSPS) is 16.5. The maximum Gasteiger partial charge on any atom is 0.410 e. The minimum absolute atomic E-state index is 0.00986. The lowest BCUT2D eigenvalue weighted by Gasteiger charge is -2.24. The van der Waals surface area contributed by atoms with Crippen molar-refractivity contribution in [2.24, 2.45) is 0 Å². The highest BCUT2D eigenvalue weighted by atomic mass is 19.3. The SMILES string of the molecule is CC(C)(C)OC(=O)N1CCC(c2cc(-c3ccc(F)cc3)nc(-c3ccn(C(F)F)n3)c2)C1. The van der Waals surface area contributed by atoms with Crippen LogP contribution in [0, 0.1) is 5.82 Å². The molecule has 0 bridgehead atoms. The van der Waals surface area contributed by atoms with Crippen molar-refractivity contribution in [3.8, 4) is 22.6 Å². The monoisotopic (exact) mass is 458 g/mol. The van der Waals surface area contributed by atoms with E-state index in [0.717, 1.165) is 12.0 Å². The number of nitrogens with zero attached hydrogens (tertiary/aromatic N) is 4. The minimum atomic E-state index is -2.75. The number of carbonyl (C=O) groups is 1. The first-order valence-electron chi connectivity index (χ1n) is 10.7. The Morgan fingerprint density at radius 3 is 2.42 bits per heavy atom. The Bertz CT molecular complexity index is 1140. The van der Waals surface area contributed by atoms with Gasteiger partial charge < -0.3 is 9.64 Å². The number of alkyl halides is 2. The molecule has 0 aliphatic carbocycles. The summed E-state index contributed by atoms with van der Waals surface area (Å²) in [7, 11) is 0. The van der Waals surface area contributed by atoms with E-state index in [-0.39, 0.29) is 17.8 Å². The van der Waals surface area contributed by atoms with Crippen LogP contribution in [0.4, 0.5) is 18.0 Å². The summed E-state index contributed by atoms with van der Waals surface area (Å²) in [6, 6.07) is 11.1. The van der Waals surface area contributed by atoms with E-state index in [4.69, 9.17) is 4.74 Å². The number of halogens is 3. The fraction of sp³-hybridized carbons (Fsp3) is 0.375. The average Bonchev–Trinajstić information content (AvgIpc) is 3.43. The minimum Gasteiger partial charge on any atom is -0.444 e. The Morgan fingerprint density at radius 2 is 1.79 bits per heavy atom. The quantitative estimate of drug-likeness (QED) is 0.491. The molecule has 1 aliphatic heterocycles. The second-order valence-corrected chi connectivity index (χ2v) is 9.05. The molecule has 0 radical (unpaired) electrons. The van der Waals surface area contributed by atoms with Gasteiger partial charge in [0.05, 0.1) is 11.4 Å². The van der Waals surface area contributed by atoms with Crippen LogP contribution in [0.25, 0.3) is 22.6 Å². The van der Waals surface area contributed by atoms with Crippen LogP contribution in [0.15, 0.2) is 48.7 Å². The Hall–Kier alpha value is -3.36. The summed E-state index contributed by atoms with van der Waals surface area (Å²) >= 11 is 0. The molecule has 33 heavy (non-hydrogen) atoms. The van der Waals surface area contributed by atoms with Crippen molar-refractivity contribution in [3.63, 3.8) is 0 Å². The molecule has 2 aromatic heterocycles. The molecule has 3 heterocycles. The lowest BCUT2D eigenvalue weighted by Crippen LogP contribution is -2.35. The van der Waals surface area contributed by atoms with Crippen LogP contribution in [0.2, 0.25) is 0 Å². The maximum absolute atomic E-state index is 13.4. The Kier molecular flexibility index (Phi) is 6.14. The number of hydrogen-bond donors (Lipinski definition) is 0. The molecule has 0 spiro atoms. The second kappa shape index (κ2) is 8.88. The summed E-state index contributed by atoms with van der Waals surface area (Å²) in [5.74, 6) is -0.356. The van der Waals surface area contributed by atoms with Crippen molar-refractivity contribution in [2.45, 2.75) is 45.3 Å². The van der Waals surface area contributed by atoms with E-state index >= 15 is 0 Å². The third-order valence-corrected chi connectivity index (χ3v) is 5.37. The van der Waals surface area contributed by atoms with E-state index in [1.165, 1.54) is 24.4 Å². The predicted molar refractivity (Wildman–Crippen MR) is 117 cm³/mol. The molecule has 6 nitrogen and oxygen atoms in total. The molecule has 0 saturated carbocycles. The van der Waals surface area contributed by atoms with Crippen LogP contribution < -0.4 is 0 Å². The van der Waals surface area contributed by atoms with Crippen molar-refractivity contribution in [1.82, 2.24) is 19.7 Å². The third-order valence-electron chi connectivity index (χ3n) is 5.37. The molecule has 1 aliphatic rings. The van der Waals surface area contributed by atoms with Crippen LogP contribution in [-0.4, -0.2) is 44.4 Å². The number of aromatic nitrogens is 3. The lowest BCUT2D eigenvalue weighted by atomic mass is 9.96. The molecule has 1 atom stereocenters. The van der Waals surface area contributed by atoms with E-state index < -0.39 is 12.2 Å².